The largest absolute Gasteiger partial charge is 0.461 e. The Labute approximate surface area is 144 Å². The van der Waals surface area contributed by atoms with E-state index in [0.717, 1.165) is 6.07 Å². The maximum atomic E-state index is 13.2. The maximum Gasteiger partial charge on any atom is 0.416 e. The molecule has 136 valence electrons. The van der Waals surface area contributed by atoms with E-state index in [1.54, 1.807) is 13.0 Å². The molecule has 0 aliphatic carbocycles. The molecule has 2 rings (SSSR count). The molecule has 1 aromatic heterocycles. The first-order valence-corrected chi connectivity index (χ1v) is 7.94. The van der Waals surface area contributed by atoms with Gasteiger partial charge in [-0.2, -0.15) is 18.3 Å². The molecule has 1 aromatic carbocycles. The highest BCUT2D eigenvalue weighted by Gasteiger charge is 2.33. The van der Waals surface area contributed by atoms with E-state index < -0.39 is 17.7 Å². The first-order chi connectivity index (χ1) is 11.5. The van der Waals surface area contributed by atoms with Crippen molar-refractivity contribution in [2.75, 3.05) is 6.61 Å². The first kappa shape index (κ1) is 19.0. The third kappa shape index (κ3) is 4.41. The van der Waals surface area contributed by atoms with E-state index in [1.165, 1.54) is 22.9 Å². The zero-order chi connectivity index (χ0) is 18.8. The molecule has 0 aliphatic rings. The number of carbonyl (C=O) groups is 1. The van der Waals surface area contributed by atoms with Gasteiger partial charge in [0, 0.05) is 5.41 Å². The van der Waals surface area contributed by atoms with E-state index in [1.807, 2.05) is 20.8 Å². The van der Waals surface area contributed by atoms with E-state index in [4.69, 9.17) is 4.74 Å². The van der Waals surface area contributed by atoms with E-state index in [0.29, 0.717) is 5.69 Å². The van der Waals surface area contributed by atoms with Gasteiger partial charge in [-0.1, -0.05) is 39.0 Å². The predicted molar refractivity (Wildman–Crippen MR) is 87.4 cm³/mol. The molecule has 25 heavy (non-hydrogen) atoms. The minimum atomic E-state index is -4.47. The SMILES string of the molecule is CCOC(=O)c1cc(C(C)(C)C)nn1Cc1ccccc1C(F)(F)F. The molecule has 0 atom stereocenters. The molecule has 0 aliphatic heterocycles. The summed E-state index contributed by atoms with van der Waals surface area (Å²) in [6, 6.07) is 6.85. The van der Waals surface area contributed by atoms with Crippen molar-refractivity contribution in [2.45, 2.75) is 45.8 Å². The normalized spacial score (nSPS) is 12.3. The van der Waals surface area contributed by atoms with Gasteiger partial charge in [0.25, 0.3) is 0 Å². The summed E-state index contributed by atoms with van der Waals surface area (Å²) in [6.07, 6.45) is -4.47. The van der Waals surface area contributed by atoms with Crippen LogP contribution >= 0.6 is 0 Å². The molecular weight excluding hydrogens is 333 g/mol. The van der Waals surface area contributed by atoms with Crippen molar-refractivity contribution < 1.29 is 22.7 Å². The first-order valence-electron chi connectivity index (χ1n) is 7.94. The van der Waals surface area contributed by atoms with Crippen LogP contribution in [0.4, 0.5) is 13.2 Å². The van der Waals surface area contributed by atoms with Gasteiger partial charge in [0.2, 0.25) is 0 Å². The number of benzene rings is 1. The van der Waals surface area contributed by atoms with Crippen molar-refractivity contribution in [3.8, 4) is 0 Å². The second-order valence-electron chi connectivity index (χ2n) is 6.70. The van der Waals surface area contributed by atoms with Crippen LogP contribution in [0.3, 0.4) is 0 Å². The fourth-order valence-electron chi connectivity index (χ4n) is 2.37. The highest BCUT2D eigenvalue weighted by Crippen LogP contribution is 2.32. The van der Waals surface area contributed by atoms with Crippen LogP contribution in [0.25, 0.3) is 0 Å². The molecule has 0 N–H and O–H groups in total. The molecule has 0 saturated carbocycles. The summed E-state index contributed by atoms with van der Waals surface area (Å²) < 4.78 is 45.9. The van der Waals surface area contributed by atoms with Crippen LogP contribution in [-0.4, -0.2) is 22.4 Å². The third-order valence-electron chi connectivity index (χ3n) is 3.68. The molecule has 1 heterocycles. The van der Waals surface area contributed by atoms with Gasteiger partial charge in [-0.05, 0) is 24.6 Å². The molecule has 0 unspecified atom stereocenters. The van der Waals surface area contributed by atoms with Crippen molar-refractivity contribution in [1.29, 1.82) is 0 Å². The van der Waals surface area contributed by atoms with Crippen molar-refractivity contribution in [3.05, 3.63) is 52.8 Å². The van der Waals surface area contributed by atoms with E-state index in [9.17, 15) is 18.0 Å². The molecule has 0 amide bonds. The van der Waals surface area contributed by atoms with Gasteiger partial charge in [0.05, 0.1) is 24.4 Å². The lowest BCUT2D eigenvalue weighted by Crippen LogP contribution is -2.17. The minimum Gasteiger partial charge on any atom is -0.461 e. The maximum absolute atomic E-state index is 13.2. The number of ether oxygens (including phenoxy) is 1. The Kier molecular flexibility index (Phi) is 5.25. The molecule has 7 heteroatoms. The molecule has 0 spiro atoms. The topological polar surface area (TPSA) is 44.1 Å². The Morgan fingerprint density at radius 1 is 1.20 bits per heavy atom. The average Bonchev–Trinajstić information content (AvgIpc) is 2.91. The minimum absolute atomic E-state index is 0.0455. The molecular formula is C18H21F3N2O2. The smallest absolute Gasteiger partial charge is 0.416 e. The van der Waals surface area contributed by atoms with Crippen LogP contribution in [0.5, 0.6) is 0 Å². The van der Waals surface area contributed by atoms with Crippen LogP contribution in [0.2, 0.25) is 0 Å². The number of hydrogen-bond donors (Lipinski definition) is 0. The van der Waals surface area contributed by atoms with E-state index in [-0.39, 0.29) is 29.8 Å². The average molecular weight is 354 g/mol. The van der Waals surface area contributed by atoms with E-state index in [2.05, 4.69) is 5.10 Å². The standard InChI is InChI=1S/C18H21F3N2O2/c1-5-25-16(24)14-10-15(17(2,3)4)22-23(14)11-12-8-6-7-9-13(12)18(19,20)21/h6-10H,5,11H2,1-4H3. The number of alkyl halides is 3. The number of aromatic nitrogens is 2. The Morgan fingerprint density at radius 3 is 2.40 bits per heavy atom. The number of halogens is 3. The highest BCUT2D eigenvalue weighted by atomic mass is 19.4. The monoisotopic (exact) mass is 354 g/mol. The number of rotatable bonds is 4. The highest BCUT2D eigenvalue weighted by molar-refractivity contribution is 5.87. The second kappa shape index (κ2) is 6.90. The Bertz CT molecular complexity index is 758. The molecule has 2 aromatic rings. The Hall–Kier alpha value is -2.31. The number of carbonyl (C=O) groups excluding carboxylic acids is 1. The Balaban J connectivity index is 2.49. The van der Waals surface area contributed by atoms with Gasteiger partial charge >= 0.3 is 12.1 Å². The molecule has 0 fully saturated rings. The summed E-state index contributed by atoms with van der Waals surface area (Å²) in [5.74, 6) is -0.602. The fraction of sp³-hybridized carbons (Fsp3) is 0.444. The van der Waals surface area contributed by atoms with E-state index >= 15 is 0 Å². The fourth-order valence-corrected chi connectivity index (χ4v) is 2.37. The number of hydrogen-bond acceptors (Lipinski definition) is 3. The molecule has 4 nitrogen and oxygen atoms in total. The Morgan fingerprint density at radius 2 is 1.84 bits per heavy atom. The van der Waals surface area contributed by atoms with Gasteiger partial charge in [-0.3, -0.25) is 4.68 Å². The summed E-state index contributed by atoms with van der Waals surface area (Å²) in [5, 5.41) is 4.35. The zero-order valence-corrected chi connectivity index (χ0v) is 14.6. The summed E-state index contributed by atoms with van der Waals surface area (Å²) in [7, 11) is 0. The molecule has 0 radical (unpaired) electrons. The zero-order valence-electron chi connectivity index (χ0n) is 14.6. The quantitative estimate of drug-likeness (QED) is 0.763. The van der Waals surface area contributed by atoms with Crippen molar-refractivity contribution >= 4 is 5.97 Å². The lowest BCUT2D eigenvalue weighted by molar-refractivity contribution is -0.138. The summed E-state index contributed by atoms with van der Waals surface area (Å²) >= 11 is 0. The van der Waals surface area contributed by atoms with Crippen molar-refractivity contribution in [2.24, 2.45) is 0 Å². The third-order valence-corrected chi connectivity index (χ3v) is 3.68. The van der Waals surface area contributed by atoms with Crippen LogP contribution in [0.15, 0.2) is 30.3 Å². The van der Waals surface area contributed by atoms with Crippen molar-refractivity contribution in [1.82, 2.24) is 9.78 Å². The second-order valence-corrected chi connectivity index (χ2v) is 6.70. The van der Waals surface area contributed by atoms with Crippen LogP contribution in [0, 0.1) is 0 Å². The number of nitrogens with zero attached hydrogens (tertiary/aromatic N) is 2. The van der Waals surface area contributed by atoms with Gasteiger partial charge < -0.3 is 4.74 Å². The van der Waals surface area contributed by atoms with Crippen LogP contribution in [0.1, 0.15) is 55.0 Å². The van der Waals surface area contributed by atoms with Gasteiger partial charge in [0.1, 0.15) is 5.69 Å². The van der Waals surface area contributed by atoms with Gasteiger partial charge in [-0.25, -0.2) is 4.79 Å². The summed E-state index contributed by atoms with van der Waals surface area (Å²) in [5.41, 5.74) is -0.290. The van der Waals surface area contributed by atoms with Gasteiger partial charge in [0.15, 0.2) is 0 Å². The van der Waals surface area contributed by atoms with Crippen molar-refractivity contribution in [3.63, 3.8) is 0 Å². The van der Waals surface area contributed by atoms with Crippen LogP contribution < -0.4 is 0 Å². The predicted octanol–water partition coefficient (Wildman–Crippen LogP) is 4.42. The lowest BCUT2D eigenvalue weighted by Gasteiger charge is -2.15. The van der Waals surface area contributed by atoms with Gasteiger partial charge in [-0.15, -0.1) is 0 Å². The van der Waals surface area contributed by atoms with Crippen LogP contribution in [-0.2, 0) is 22.9 Å². The summed E-state index contributed by atoms with van der Waals surface area (Å²) in [6.45, 7) is 7.42. The molecule has 0 bridgehead atoms. The summed E-state index contributed by atoms with van der Waals surface area (Å²) in [4.78, 5) is 12.2. The lowest BCUT2D eigenvalue weighted by atomic mass is 9.92. The molecule has 0 saturated heterocycles. The number of esters is 1.